The predicted octanol–water partition coefficient (Wildman–Crippen LogP) is 3.73. The second kappa shape index (κ2) is 4.42. The van der Waals surface area contributed by atoms with Crippen LogP contribution in [0.2, 0.25) is 0 Å². The van der Waals surface area contributed by atoms with Gasteiger partial charge in [-0.1, -0.05) is 17.8 Å². The Kier molecular flexibility index (Phi) is 3.20. The summed E-state index contributed by atoms with van der Waals surface area (Å²) in [5.41, 5.74) is 0.824. The van der Waals surface area contributed by atoms with Crippen molar-refractivity contribution in [3.05, 3.63) is 29.4 Å². The van der Waals surface area contributed by atoms with Gasteiger partial charge in [0.1, 0.15) is 0 Å². The molecule has 0 unspecified atom stereocenters. The van der Waals surface area contributed by atoms with Crippen molar-refractivity contribution < 1.29 is 0 Å². The van der Waals surface area contributed by atoms with Gasteiger partial charge in [-0.15, -0.1) is 17.9 Å². The Balaban J connectivity index is 2.36. The molecule has 0 saturated heterocycles. The Morgan fingerprint density at radius 2 is 2.50 bits per heavy atom. The van der Waals surface area contributed by atoms with E-state index in [1.807, 2.05) is 12.1 Å². The van der Waals surface area contributed by atoms with Crippen LogP contribution in [0.1, 0.15) is 0 Å². The number of rotatable bonds is 3. The molecule has 5 heteroatoms. The fourth-order valence-electron chi connectivity index (χ4n) is 0.968. The zero-order chi connectivity index (χ0) is 9.97. The lowest BCUT2D eigenvalue weighted by Crippen LogP contribution is -1.75. The molecule has 0 amide bonds. The minimum atomic E-state index is 0.824. The number of fused-ring (bicyclic) bond motifs is 1. The molecule has 2 aromatic rings. The topological polar surface area (TPSA) is 25.8 Å². The standard InChI is InChI=1S/C9H7BrN2S2/c1-2-3-13-9-12-8-7(14-9)4-6(10)5-11-8/h2,4-5H,1,3H2. The number of hydrogen-bond donors (Lipinski definition) is 0. The van der Waals surface area contributed by atoms with Crippen molar-refractivity contribution in [2.45, 2.75) is 4.34 Å². The molecule has 14 heavy (non-hydrogen) atoms. The van der Waals surface area contributed by atoms with E-state index < -0.39 is 0 Å². The van der Waals surface area contributed by atoms with E-state index in [2.05, 4.69) is 32.5 Å². The van der Waals surface area contributed by atoms with Crippen LogP contribution >= 0.6 is 39.0 Å². The minimum Gasteiger partial charge on any atom is -0.235 e. The summed E-state index contributed by atoms with van der Waals surface area (Å²) in [6.07, 6.45) is 3.64. The molecule has 0 N–H and O–H groups in total. The SMILES string of the molecule is C=CCSc1nc2ncc(Br)cc2s1. The van der Waals surface area contributed by atoms with Gasteiger partial charge in [-0.2, -0.15) is 0 Å². The fourth-order valence-corrected chi connectivity index (χ4v) is 3.27. The maximum absolute atomic E-state index is 4.39. The predicted molar refractivity (Wildman–Crippen MR) is 66.0 cm³/mol. The summed E-state index contributed by atoms with van der Waals surface area (Å²) in [6, 6.07) is 2.04. The fraction of sp³-hybridized carbons (Fsp3) is 0.111. The van der Waals surface area contributed by atoms with Crippen molar-refractivity contribution in [2.24, 2.45) is 0 Å². The molecule has 0 aliphatic heterocycles. The Hall–Kier alpha value is -0.390. The van der Waals surface area contributed by atoms with Gasteiger partial charge in [0.05, 0.1) is 4.70 Å². The third kappa shape index (κ3) is 2.16. The quantitative estimate of drug-likeness (QED) is 0.635. The monoisotopic (exact) mass is 286 g/mol. The van der Waals surface area contributed by atoms with Gasteiger partial charge in [-0.3, -0.25) is 0 Å². The second-order valence-corrected chi connectivity index (χ2v) is 5.77. The van der Waals surface area contributed by atoms with Crippen molar-refractivity contribution in [2.75, 3.05) is 5.75 Å². The summed E-state index contributed by atoms with van der Waals surface area (Å²) in [5.74, 6) is 0.890. The van der Waals surface area contributed by atoms with Crippen molar-refractivity contribution in [3.8, 4) is 0 Å². The lowest BCUT2D eigenvalue weighted by atomic mass is 10.5. The molecule has 0 bridgehead atoms. The highest BCUT2D eigenvalue weighted by Crippen LogP contribution is 2.29. The highest BCUT2D eigenvalue weighted by molar-refractivity contribution is 9.10. The third-order valence-corrected chi connectivity index (χ3v) is 4.08. The maximum atomic E-state index is 4.39. The smallest absolute Gasteiger partial charge is 0.171 e. The Morgan fingerprint density at radius 1 is 1.64 bits per heavy atom. The van der Waals surface area contributed by atoms with E-state index in [1.54, 1.807) is 29.3 Å². The molecular formula is C9H7BrN2S2. The zero-order valence-corrected chi connectivity index (χ0v) is 10.5. The molecule has 0 radical (unpaired) electrons. The minimum absolute atomic E-state index is 0.824. The number of nitrogens with zero attached hydrogens (tertiary/aromatic N) is 2. The van der Waals surface area contributed by atoms with Crippen LogP contribution in [0, 0.1) is 0 Å². The summed E-state index contributed by atoms with van der Waals surface area (Å²) < 4.78 is 3.16. The van der Waals surface area contributed by atoms with Gasteiger partial charge in [0.25, 0.3) is 0 Å². The van der Waals surface area contributed by atoms with E-state index in [0.29, 0.717) is 0 Å². The Morgan fingerprint density at radius 3 is 3.29 bits per heavy atom. The van der Waals surface area contributed by atoms with Crippen LogP contribution in [0.15, 0.2) is 33.7 Å². The molecule has 0 aliphatic rings. The van der Waals surface area contributed by atoms with Crippen LogP contribution in [0.25, 0.3) is 10.3 Å². The van der Waals surface area contributed by atoms with Gasteiger partial charge in [-0.05, 0) is 22.0 Å². The van der Waals surface area contributed by atoms with Gasteiger partial charge in [0, 0.05) is 16.4 Å². The molecule has 0 saturated carbocycles. The van der Waals surface area contributed by atoms with Crippen LogP contribution in [-0.2, 0) is 0 Å². The number of thioether (sulfide) groups is 1. The molecule has 0 aliphatic carbocycles. The zero-order valence-electron chi connectivity index (χ0n) is 7.24. The highest BCUT2D eigenvalue weighted by Gasteiger charge is 2.04. The molecule has 2 nitrogen and oxygen atoms in total. The van der Waals surface area contributed by atoms with E-state index in [0.717, 1.165) is 24.9 Å². The molecule has 2 heterocycles. The summed E-state index contributed by atoms with van der Waals surface area (Å²) in [7, 11) is 0. The van der Waals surface area contributed by atoms with Crippen LogP contribution in [0.5, 0.6) is 0 Å². The van der Waals surface area contributed by atoms with Crippen LogP contribution in [0.4, 0.5) is 0 Å². The van der Waals surface area contributed by atoms with E-state index >= 15 is 0 Å². The highest BCUT2D eigenvalue weighted by atomic mass is 79.9. The molecule has 0 atom stereocenters. The van der Waals surface area contributed by atoms with E-state index in [9.17, 15) is 0 Å². The van der Waals surface area contributed by atoms with Crippen molar-refractivity contribution in [1.29, 1.82) is 0 Å². The third-order valence-electron chi connectivity index (χ3n) is 1.52. The molecule has 0 fully saturated rings. The van der Waals surface area contributed by atoms with Gasteiger partial charge in [0.15, 0.2) is 9.99 Å². The number of aromatic nitrogens is 2. The molecule has 0 aromatic carbocycles. The lowest BCUT2D eigenvalue weighted by molar-refractivity contribution is 1.23. The van der Waals surface area contributed by atoms with Crippen LogP contribution in [-0.4, -0.2) is 15.7 Å². The van der Waals surface area contributed by atoms with Crippen molar-refractivity contribution in [1.82, 2.24) is 9.97 Å². The summed E-state index contributed by atoms with van der Waals surface area (Å²) in [6.45, 7) is 3.68. The summed E-state index contributed by atoms with van der Waals surface area (Å²) >= 11 is 6.74. The first-order valence-corrected chi connectivity index (χ1v) is 6.55. The summed E-state index contributed by atoms with van der Waals surface area (Å²) in [4.78, 5) is 8.62. The molecular weight excluding hydrogens is 280 g/mol. The van der Waals surface area contributed by atoms with Gasteiger partial charge in [-0.25, -0.2) is 9.97 Å². The summed E-state index contributed by atoms with van der Waals surface area (Å²) in [5, 5.41) is 0. The molecule has 72 valence electrons. The lowest BCUT2D eigenvalue weighted by Gasteiger charge is -1.86. The van der Waals surface area contributed by atoms with Crippen LogP contribution in [0.3, 0.4) is 0 Å². The Labute approximate surface area is 98.6 Å². The molecule has 0 spiro atoms. The number of halogens is 1. The number of pyridine rings is 1. The first kappa shape index (κ1) is 10.1. The van der Waals surface area contributed by atoms with E-state index in [4.69, 9.17) is 0 Å². The molecule has 2 rings (SSSR count). The largest absolute Gasteiger partial charge is 0.235 e. The van der Waals surface area contributed by atoms with E-state index in [1.165, 1.54) is 0 Å². The first-order valence-electron chi connectivity index (χ1n) is 3.95. The maximum Gasteiger partial charge on any atom is 0.171 e. The Bertz CT molecular complexity index is 467. The number of thiazole rings is 1. The van der Waals surface area contributed by atoms with Crippen molar-refractivity contribution >= 4 is 49.4 Å². The van der Waals surface area contributed by atoms with Crippen molar-refractivity contribution in [3.63, 3.8) is 0 Å². The second-order valence-electron chi connectivity index (χ2n) is 2.55. The van der Waals surface area contributed by atoms with Crippen LogP contribution < -0.4 is 0 Å². The van der Waals surface area contributed by atoms with Gasteiger partial charge < -0.3 is 0 Å². The van der Waals surface area contributed by atoms with Gasteiger partial charge >= 0.3 is 0 Å². The first-order chi connectivity index (χ1) is 6.79. The normalized spacial score (nSPS) is 10.6. The van der Waals surface area contributed by atoms with Gasteiger partial charge in [0.2, 0.25) is 0 Å². The molecule has 2 aromatic heterocycles. The van der Waals surface area contributed by atoms with E-state index in [-0.39, 0.29) is 0 Å². The number of hydrogen-bond acceptors (Lipinski definition) is 4. The average Bonchev–Trinajstić information content (AvgIpc) is 2.56. The average molecular weight is 287 g/mol.